The maximum Gasteiger partial charge on any atom is 0.251 e. The lowest BCUT2D eigenvalue weighted by molar-refractivity contribution is 0.0948. The third kappa shape index (κ3) is 3.80. The Hall–Kier alpha value is -1.35. The van der Waals surface area contributed by atoms with Crippen LogP contribution in [0.1, 0.15) is 48.5 Å². The number of carbonyl (C=O) groups is 1. The van der Waals surface area contributed by atoms with E-state index < -0.39 is 0 Å². The molecular weight excluding hydrogens is 236 g/mol. The molecule has 3 nitrogen and oxygen atoms in total. The lowest BCUT2D eigenvalue weighted by Gasteiger charge is -2.16. The molecule has 1 fully saturated rings. The number of benzene rings is 1. The van der Waals surface area contributed by atoms with Crippen LogP contribution in [0.25, 0.3) is 0 Å². The minimum atomic E-state index is 0.0588. The van der Waals surface area contributed by atoms with E-state index in [1.807, 2.05) is 24.3 Å². The van der Waals surface area contributed by atoms with Gasteiger partial charge in [0.05, 0.1) is 0 Å². The van der Waals surface area contributed by atoms with E-state index in [1.165, 1.54) is 25.9 Å². The van der Waals surface area contributed by atoms with Crippen molar-refractivity contribution in [2.75, 3.05) is 26.2 Å². The maximum atomic E-state index is 12.2. The summed E-state index contributed by atoms with van der Waals surface area (Å²) < 4.78 is 0. The number of amides is 1. The van der Waals surface area contributed by atoms with Crippen LogP contribution >= 0.6 is 0 Å². The number of nitrogens with one attached hydrogen (secondary N) is 1. The van der Waals surface area contributed by atoms with Crippen LogP contribution in [-0.2, 0) is 0 Å². The first kappa shape index (κ1) is 14.1. The van der Waals surface area contributed by atoms with Gasteiger partial charge in [-0.1, -0.05) is 32.0 Å². The normalized spacial score (nSPS) is 15.9. The monoisotopic (exact) mass is 260 g/mol. The molecule has 1 aliphatic rings. The highest BCUT2D eigenvalue weighted by Crippen LogP contribution is 2.18. The van der Waals surface area contributed by atoms with Gasteiger partial charge in [-0.15, -0.1) is 0 Å². The summed E-state index contributed by atoms with van der Waals surface area (Å²) in [6, 6.07) is 7.89. The Balaban J connectivity index is 1.88. The first-order valence-electron chi connectivity index (χ1n) is 7.28. The molecule has 3 heteroatoms. The van der Waals surface area contributed by atoms with E-state index in [2.05, 4.69) is 24.1 Å². The van der Waals surface area contributed by atoms with Gasteiger partial charge in [-0.05, 0) is 43.5 Å². The van der Waals surface area contributed by atoms with Crippen molar-refractivity contribution < 1.29 is 4.79 Å². The molecule has 0 bridgehead atoms. The van der Waals surface area contributed by atoms with E-state index in [0.717, 1.165) is 24.2 Å². The molecule has 0 aromatic heterocycles. The lowest BCUT2D eigenvalue weighted by Crippen LogP contribution is -2.33. The topological polar surface area (TPSA) is 32.3 Å². The van der Waals surface area contributed by atoms with Gasteiger partial charge in [0.1, 0.15) is 0 Å². The van der Waals surface area contributed by atoms with E-state index in [1.54, 1.807) is 0 Å². The predicted octanol–water partition coefficient (Wildman–Crippen LogP) is 2.64. The zero-order valence-electron chi connectivity index (χ0n) is 12.0. The summed E-state index contributed by atoms with van der Waals surface area (Å²) in [6.07, 6.45) is 2.59. The zero-order valence-corrected chi connectivity index (χ0v) is 12.0. The summed E-state index contributed by atoms with van der Waals surface area (Å²) >= 11 is 0. The van der Waals surface area contributed by atoms with Crippen LogP contribution in [0.5, 0.6) is 0 Å². The number of hydrogen-bond donors (Lipinski definition) is 1. The first-order valence-corrected chi connectivity index (χ1v) is 7.28. The summed E-state index contributed by atoms with van der Waals surface area (Å²) in [7, 11) is 0. The van der Waals surface area contributed by atoms with Crippen LogP contribution in [0, 0.1) is 0 Å². The van der Waals surface area contributed by atoms with E-state index in [0.29, 0.717) is 5.92 Å². The molecular formula is C16H24N2O. The zero-order chi connectivity index (χ0) is 13.7. The molecule has 0 unspecified atom stereocenters. The number of carbonyl (C=O) groups excluding carboxylic acids is 1. The lowest BCUT2D eigenvalue weighted by atomic mass is 9.97. The quantitative estimate of drug-likeness (QED) is 0.882. The Morgan fingerprint density at radius 1 is 1.26 bits per heavy atom. The second-order valence-corrected chi connectivity index (χ2v) is 5.55. The van der Waals surface area contributed by atoms with Gasteiger partial charge in [-0.3, -0.25) is 4.79 Å². The Morgan fingerprint density at radius 2 is 1.95 bits per heavy atom. The van der Waals surface area contributed by atoms with Gasteiger partial charge in [0.25, 0.3) is 5.91 Å². The highest BCUT2D eigenvalue weighted by atomic mass is 16.1. The van der Waals surface area contributed by atoms with Crippen molar-refractivity contribution >= 4 is 5.91 Å². The van der Waals surface area contributed by atoms with Gasteiger partial charge in [0, 0.05) is 18.7 Å². The van der Waals surface area contributed by atoms with Crippen molar-refractivity contribution in [2.24, 2.45) is 0 Å². The van der Waals surface area contributed by atoms with E-state index in [4.69, 9.17) is 0 Å². The summed E-state index contributed by atoms with van der Waals surface area (Å²) in [6.45, 7) is 8.31. The molecule has 2 rings (SSSR count). The SMILES string of the molecule is CC(C)c1ccccc1C(=O)NCCN1CCCC1. The molecule has 1 saturated heterocycles. The molecule has 1 aromatic carbocycles. The maximum absolute atomic E-state index is 12.2. The van der Waals surface area contributed by atoms with E-state index in [9.17, 15) is 4.79 Å². The summed E-state index contributed by atoms with van der Waals surface area (Å²) in [5.41, 5.74) is 1.94. The molecule has 0 atom stereocenters. The number of rotatable bonds is 5. The predicted molar refractivity (Wildman–Crippen MR) is 78.5 cm³/mol. The van der Waals surface area contributed by atoms with Gasteiger partial charge in [0.2, 0.25) is 0 Å². The van der Waals surface area contributed by atoms with Gasteiger partial charge in [0.15, 0.2) is 0 Å². The largest absolute Gasteiger partial charge is 0.351 e. The van der Waals surface area contributed by atoms with Crippen molar-refractivity contribution in [3.05, 3.63) is 35.4 Å². The highest BCUT2D eigenvalue weighted by Gasteiger charge is 2.14. The van der Waals surface area contributed by atoms with Crippen LogP contribution in [0.15, 0.2) is 24.3 Å². The number of nitrogens with zero attached hydrogens (tertiary/aromatic N) is 1. The van der Waals surface area contributed by atoms with Crippen LogP contribution in [0.4, 0.5) is 0 Å². The number of hydrogen-bond acceptors (Lipinski definition) is 2. The average molecular weight is 260 g/mol. The molecule has 1 aliphatic heterocycles. The standard InChI is InChI=1S/C16H24N2O/c1-13(2)14-7-3-4-8-15(14)16(19)17-9-12-18-10-5-6-11-18/h3-4,7-8,13H,5-6,9-12H2,1-2H3,(H,17,19). The smallest absolute Gasteiger partial charge is 0.251 e. The molecule has 0 aliphatic carbocycles. The average Bonchev–Trinajstić information content (AvgIpc) is 2.91. The molecule has 104 valence electrons. The second kappa shape index (κ2) is 6.71. The first-order chi connectivity index (χ1) is 9.18. The molecule has 1 N–H and O–H groups in total. The molecule has 1 aromatic rings. The molecule has 1 amide bonds. The fourth-order valence-electron chi connectivity index (χ4n) is 2.64. The number of likely N-dealkylation sites (tertiary alicyclic amines) is 1. The Labute approximate surface area is 116 Å². The van der Waals surface area contributed by atoms with E-state index >= 15 is 0 Å². The fraction of sp³-hybridized carbons (Fsp3) is 0.562. The summed E-state index contributed by atoms with van der Waals surface area (Å²) in [5.74, 6) is 0.434. The van der Waals surface area contributed by atoms with Gasteiger partial charge >= 0.3 is 0 Å². The molecule has 19 heavy (non-hydrogen) atoms. The highest BCUT2D eigenvalue weighted by molar-refractivity contribution is 5.95. The Kier molecular flexibility index (Phi) is 4.97. The molecule has 1 heterocycles. The molecule has 0 spiro atoms. The van der Waals surface area contributed by atoms with E-state index in [-0.39, 0.29) is 5.91 Å². The van der Waals surface area contributed by atoms with Crippen LogP contribution in [-0.4, -0.2) is 37.0 Å². The van der Waals surface area contributed by atoms with Crippen LogP contribution in [0.3, 0.4) is 0 Å². The summed E-state index contributed by atoms with van der Waals surface area (Å²) in [5, 5.41) is 3.04. The van der Waals surface area contributed by atoms with Crippen molar-refractivity contribution in [1.82, 2.24) is 10.2 Å². The van der Waals surface area contributed by atoms with Crippen LogP contribution in [0.2, 0.25) is 0 Å². The summed E-state index contributed by atoms with van der Waals surface area (Å²) in [4.78, 5) is 14.6. The van der Waals surface area contributed by atoms with Gasteiger partial charge in [-0.2, -0.15) is 0 Å². The molecule has 0 radical (unpaired) electrons. The van der Waals surface area contributed by atoms with Crippen molar-refractivity contribution in [2.45, 2.75) is 32.6 Å². The van der Waals surface area contributed by atoms with Gasteiger partial charge < -0.3 is 10.2 Å². The fourth-order valence-corrected chi connectivity index (χ4v) is 2.64. The Bertz CT molecular complexity index is 423. The minimum absolute atomic E-state index is 0.0588. The Morgan fingerprint density at radius 3 is 2.63 bits per heavy atom. The third-order valence-corrected chi connectivity index (χ3v) is 3.74. The van der Waals surface area contributed by atoms with Crippen molar-refractivity contribution in [3.8, 4) is 0 Å². The van der Waals surface area contributed by atoms with Crippen molar-refractivity contribution in [3.63, 3.8) is 0 Å². The van der Waals surface area contributed by atoms with Crippen molar-refractivity contribution in [1.29, 1.82) is 0 Å². The second-order valence-electron chi connectivity index (χ2n) is 5.55. The van der Waals surface area contributed by atoms with Gasteiger partial charge in [-0.25, -0.2) is 0 Å². The third-order valence-electron chi connectivity index (χ3n) is 3.74. The minimum Gasteiger partial charge on any atom is -0.351 e. The van der Waals surface area contributed by atoms with Crippen LogP contribution < -0.4 is 5.32 Å². The molecule has 0 saturated carbocycles.